The van der Waals surface area contributed by atoms with Gasteiger partial charge in [0.2, 0.25) is 0 Å². The van der Waals surface area contributed by atoms with Crippen LogP contribution in [0.1, 0.15) is 27.7 Å². The topological polar surface area (TPSA) is 51.8 Å². The molecule has 0 aliphatic carbocycles. The molecule has 1 aromatic carbocycles. The van der Waals surface area contributed by atoms with Gasteiger partial charge in [-0.25, -0.2) is 0 Å². The number of hydrogen-bond acceptors (Lipinski definition) is 4. The molecule has 3 rings (SSSR count). The van der Waals surface area contributed by atoms with Gasteiger partial charge >= 0.3 is 7.12 Å². The minimum Gasteiger partial charge on any atom is -0.504 e. The Kier molecular flexibility index (Phi) is 2.50. The van der Waals surface area contributed by atoms with Crippen molar-refractivity contribution in [2.24, 2.45) is 0 Å². The van der Waals surface area contributed by atoms with Gasteiger partial charge in [-0.3, -0.25) is 0 Å². The summed E-state index contributed by atoms with van der Waals surface area (Å²) in [6.45, 7) is 8.03. The first-order valence-electron chi connectivity index (χ1n) is 6.36. The van der Waals surface area contributed by atoms with Gasteiger partial charge in [-0.1, -0.05) is 12.1 Å². The predicted octanol–water partition coefficient (Wildman–Crippen LogP) is 2.44. The first kappa shape index (κ1) is 12.6. The predicted molar refractivity (Wildman–Crippen MR) is 73.6 cm³/mol. The second kappa shape index (κ2) is 3.77. The van der Waals surface area contributed by atoms with Crippen LogP contribution in [0.3, 0.4) is 0 Å². The Morgan fingerprint density at radius 1 is 1.05 bits per heavy atom. The third-order valence-corrected chi connectivity index (χ3v) is 4.12. The molecule has 100 valence electrons. The van der Waals surface area contributed by atoms with E-state index in [0.717, 1.165) is 5.46 Å². The van der Waals surface area contributed by atoms with Crippen molar-refractivity contribution in [3.63, 3.8) is 0 Å². The Labute approximate surface area is 112 Å². The molecular formula is C14H17BO4. The van der Waals surface area contributed by atoms with E-state index in [1.807, 2.05) is 45.9 Å². The van der Waals surface area contributed by atoms with Crippen molar-refractivity contribution in [1.29, 1.82) is 0 Å². The average Bonchev–Trinajstić information content (AvgIpc) is 2.78. The molecule has 1 fully saturated rings. The Balaban J connectivity index is 2.07. The number of hydrogen-bond donors (Lipinski definition) is 1. The lowest BCUT2D eigenvalue weighted by Crippen LogP contribution is -2.41. The van der Waals surface area contributed by atoms with E-state index in [1.54, 1.807) is 0 Å². The van der Waals surface area contributed by atoms with Gasteiger partial charge < -0.3 is 18.8 Å². The Morgan fingerprint density at radius 3 is 2.32 bits per heavy atom. The zero-order valence-corrected chi connectivity index (χ0v) is 11.6. The minimum atomic E-state index is -0.487. The van der Waals surface area contributed by atoms with Crippen LogP contribution in [-0.4, -0.2) is 23.4 Å². The fraction of sp³-hybridized carbons (Fsp3) is 0.429. The molecule has 1 aliphatic heterocycles. The van der Waals surface area contributed by atoms with Gasteiger partial charge in [0.1, 0.15) is 11.8 Å². The smallest absolute Gasteiger partial charge is 0.498 e. The lowest BCUT2D eigenvalue weighted by molar-refractivity contribution is 0.00578. The highest BCUT2D eigenvalue weighted by atomic mass is 16.7. The van der Waals surface area contributed by atoms with Crippen molar-refractivity contribution >= 4 is 23.6 Å². The molecule has 1 N–H and O–H groups in total. The SMILES string of the molecule is CC1(C)OB(c2cccc3c(O)coc23)OC1(C)C. The standard InChI is InChI=1S/C14H17BO4/c1-13(2)14(3,4)19-15(18-13)10-7-5-6-9-11(16)8-17-12(9)10/h5-8,16H,1-4H3. The van der Waals surface area contributed by atoms with E-state index in [4.69, 9.17) is 13.7 Å². The van der Waals surface area contributed by atoms with Crippen LogP contribution >= 0.6 is 0 Å². The molecule has 0 amide bonds. The summed E-state index contributed by atoms with van der Waals surface area (Å²) in [5.41, 5.74) is 0.623. The summed E-state index contributed by atoms with van der Waals surface area (Å²) >= 11 is 0. The molecule has 1 saturated heterocycles. The molecular weight excluding hydrogens is 243 g/mol. The van der Waals surface area contributed by atoms with Crippen LogP contribution in [0, 0.1) is 0 Å². The maximum Gasteiger partial charge on any atom is 0.498 e. The van der Waals surface area contributed by atoms with Gasteiger partial charge in [-0.05, 0) is 33.8 Å². The van der Waals surface area contributed by atoms with Crippen LogP contribution in [-0.2, 0) is 9.31 Å². The third kappa shape index (κ3) is 1.76. The van der Waals surface area contributed by atoms with Gasteiger partial charge in [-0.15, -0.1) is 0 Å². The first-order chi connectivity index (χ1) is 8.82. The zero-order valence-electron chi connectivity index (χ0n) is 11.6. The fourth-order valence-electron chi connectivity index (χ4n) is 2.22. The van der Waals surface area contributed by atoms with Gasteiger partial charge in [0.05, 0.1) is 16.6 Å². The minimum absolute atomic E-state index is 0.133. The highest BCUT2D eigenvalue weighted by Crippen LogP contribution is 2.37. The Hall–Kier alpha value is -1.46. The zero-order chi connectivity index (χ0) is 13.8. The summed E-state index contributed by atoms with van der Waals surface area (Å²) < 4.78 is 17.4. The Morgan fingerprint density at radius 2 is 1.68 bits per heavy atom. The van der Waals surface area contributed by atoms with Crippen LogP contribution in [0.4, 0.5) is 0 Å². The Bertz CT molecular complexity index is 613. The summed E-state index contributed by atoms with van der Waals surface area (Å²) in [5, 5.41) is 10.4. The molecule has 1 aromatic heterocycles. The van der Waals surface area contributed by atoms with Gasteiger partial charge in [0.25, 0.3) is 0 Å². The van der Waals surface area contributed by atoms with Crippen molar-refractivity contribution in [2.45, 2.75) is 38.9 Å². The normalized spacial score (nSPS) is 21.2. The number of benzene rings is 1. The van der Waals surface area contributed by atoms with Crippen molar-refractivity contribution in [3.05, 3.63) is 24.5 Å². The number of aromatic hydroxyl groups is 1. The van der Waals surface area contributed by atoms with E-state index in [2.05, 4.69) is 0 Å². The van der Waals surface area contributed by atoms with Crippen LogP contribution in [0.15, 0.2) is 28.9 Å². The maximum absolute atomic E-state index is 9.71. The maximum atomic E-state index is 9.71. The lowest BCUT2D eigenvalue weighted by atomic mass is 9.78. The highest BCUT2D eigenvalue weighted by molar-refractivity contribution is 6.64. The molecule has 0 bridgehead atoms. The van der Waals surface area contributed by atoms with Crippen molar-refractivity contribution in [1.82, 2.24) is 0 Å². The monoisotopic (exact) mass is 260 g/mol. The van der Waals surface area contributed by atoms with E-state index in [0.29, 0.717) is 11.0 Å². The molecule has 0 radical (unpaired) electrons. The summed E-state index contributed by atoms with van der Waals surface area (Å²) in [6.07, 6.45) is 1.33. The van der Waals surface area contributed by atoms with Crippen LogP contribution in [0.5, 0.6) is 5.75 Å². The first-order valence-corrected chi connectivity index (χ1v) is 6.36. The summed E-state index contributed by atoms with van der Waals surface area (Å²) in [4.78, 5) is 0. The number of para-hydroxylation sites is 1. The average molecular weight is 260 g/mol. The number of furan rings is 1. The second-order valence-corrected chi connectivity index (χ2v) is 5.93. The van der Waals surface area contributed by atoms with E-state index >= 15 is 0 Å². The lowest BCUT2D eigenvalue weighted by Gasteiger charge is -2.32. The number of fused-ring (bicyclic) bond motifs is 1. The quantitative estimate of drug-likeness (QED) is 0.800. The number of rotatable bonds is 1. The van der Waals surface area contributed by atoms with Crippen molar-refractivity contribution in [3.8, 4) is 5.75 Å². The molecule has 1 aliphatic rings. The molecule has 4 nitrogen and oxygen atoms in total. The molecule has 5 heteroatoms. The van der Waals surface area contributed by atoms with Gasteiger partial charge in [0.15, 0.2) is 5.75 Å². The fourth-order valence-corrected chi connectivity index (χ4v) is 2.22. The van der Waals surface area contributed by atoms with Crippen LogP contribution < -0.4 is 5.46 Å². The summed E-state index contributed by atoms with van der Waals surface area (Å²) in [5.74, 6) is 0.133. The molecule has 0 spiro atoms. The summed E-state index contributed by atoms with van der Waals surface area (Å²) in [6, 6.07) is 5.56. The summed E-state index contributed by atoms with van der Waals surface area (Å²) in [7, 11) is -0.487. The van der Waals surface area contributed by atoms with Crippen LogP contribution in [0.25, 0.3) is 11.0 Å². The van der Waals surface area contributed by atoms with E-state index < -0.39 is 18.3 Å². The highest BCUT2D eigenvalue weighted by Gasteiger charge is 2.52. The van der Waals surface area contributed by atoms with Gasteiger partial charge in [0, 0.05) is 5.46 Å². The molecule has 0 unspecified atom stereocenters. The van der Waals surface area contributed by atoms with Gasteiger partial charge in [-0.2, -0.15) is 0 Å². The largest absolute Gasteiger partial charge is 0.504 e. The molecule has 0 atom stereocenters. The molecule has 2 heterocycles. The van der Waals surface area contributed by atoms with Crippen molar-refractivity contribution in [2.75, 3.05) is 0 Å². The third-order valence-electron chi connectivity index (χ3n) is 4.12. The molecule has 0 saturated carbocycles. The second-order valence-electron chi connectivity index (χ2n) is 5.93. The van der Waals surface area contributed by atoms with E-state index in [1.165, 1.54) is 6.26 Å². The van der Waals surface area contributed by atoms with E-state index in [9.17, 15) is 5.11 Å². The van der Waals surface area contributed by atoms with Crippen molar-refractivity contribution < 1.29 is 18.8 Å². The van der Waals surface area contributed by atoms with E-state index in [-0.39, 0.29) is 5.75 Å². The molecule has 19 heavy (non-hydrogen) atoms. The van der Waals surface area contributed by atoms with Crippen LogP contribution in [0.2, 0.25) is 0 Å². The molecule has 2 aromatic rings.